The molecule has 0 aliphatic rings. The van der Waals surface area contributed by atoms with Crippen LogP contribution in [0.2, 0.25) is 0 Å². The number of rotatable bonds is 14. The third-order valence-corrected chi connectivity index (χ3v) is 6.10. The lowest BCUT2D eigenvalue weighted by molar-refractivity contribution is -0.119. The molecule has 0 fully saturated rings. The van der Waals surface area contributed by atoms with E-state index in [9.17, 15) is 35.6 Å². The van der Waals surface area contributed by atoms with E-state index in [2.05, 4.69) is 15.0 Å². The largest absolute Gasteiger partial charge is 0.490 e. The van der Waals surface area contributed by atoms with Gasteiger partial charge in [-0.15, -0.1) is 12.4 Å². The first-order valence-electron chi connectivity index (χ1n) is 12.4. The molecule has 1 atom stereocenters. The Balaban J connectivity index is 0.00000645. The number of hydrogen-bond acceptors (Lipinski definition) is 9. The lowest BCUT2D eigenvalue weighted by atomic mass is 10.2. The van der Waals surface area contributed by atoms with Crippen molar-refractivity contribution >= 4 is 34.2 Å². The molecule has 0 saturated heterocycles. The molecule has 17 heteroatoms. The molecule has 2 aromatic carbocycles. The number of benzene rings is 2. The summed E-state index contributed by atoms with van der Waals surface area (Å²) in [5.74, 6) is -3.61. The molecule has 11 nitrogen and oxygen atoms in total. The molecule has 2 amide bonds. The molecule has 4 N–H and O–H groups in total. The van der Waals surface area contributed by atoms with Gasteiger partial charge >= 0.3 is 6.61 Å². The summed E-state index contributed by atoms with van der Waals surface area (Å²) in [6.07, 6.45) is 1.25. The van der Waals surface area contributed by atoms with E-state index in [0.29, 0.717) is 6.07 Å². The molecule has 43 heavy (non-hydrogen) atoms. The number of aromatic nitrogens is 1. The number of halogens is 5. The van der Waals surface area contributed by atoms with E-state index in [-0.39, 0.29) is 84.8 Å². The topological polar surface area (TPSA) is 163 Å². The first-order valence-corrected chi connectivity index (χ1v) is 14.3. The van der Waals surface area contributed by atoms with Crippen LogP contribution in [-0.4, -0.2) is 44.7 Å². The van der Waals surface area contributed by atoms with Crippen molar-refractivity contribution in [2.24, 2.45) is 5.73 Å². The summed E-state index contributed by atoms with van der Waals surface area (Å²) < 4.78 is 92.9. The monoisotopic (exact) mass is 652 g/mol. The van der Waals surface area contributed by atoms with Gasteiger partial charge in [-0.2, -0.15) is 8.78 Å². The highest BCUT2D eigenvalue weighted by Gasteiger charge is 2.24. The summed E-state index contributed by atoms with van der Waals surface area (Å²) in [7, 11) is -3.68. The molecule has 0 unspecified atom stereocenters. The maximum atomic E-state index is 14.0. The minimum atomic E-state index is -3.68. The highest BCUT2D eigenvalue weighted by atomic mass is 35.5. The second kappa shape index (κ2) is 15.5. The van der Waals surface area contributed by atoms with Crippen LogP contribution in [0.3, 0.4) is 0 Å². The fourth-order valence-corrected chi connectivity index (χ4v) is 4.14. The Labute approximate surface area is 250 Å². The summed E-state index contributed by atoms with van der Waals surface area (Å²) in [6.45, 7) is -1.95. The van der Waals surface area contributed by atoms with Crippen LogP contribution >= 0.6 is 12.4 Å². The third-order valence-electron chi connectivity index (χ3n) is 5.50. The molecular weight excluding hydrogens is 624 g/mol. The fraction of sp³-hybridized carbons (Fsp3) is 0.346. The first-order chi connectivity index (χ1) is 19.7. The number of nitrogens with two attached hydrogens (primary N) is 1. The van der Waals surface area contributed by atoms with Gasteiger partial charge in [-0.1, -0.05) is 6.07 Å². The van der Waals surface area contributed by atoms with Crippen molar-refractivity contribution in [1.29, 1.82) is 0 Å². The zero-order valence-electron chi connectivity index (χ0n) is 22.9. The smallest absolute Gasteiger partial charge is 0.387 e. The van der Waals surface area contributed by atoms with E-state index in [1.54, 1.807) is 0 Å². The van der Waals surface area contributed by atoms with Crippen molar-refractivity contribution in [1.82, 2.24) is 15.0 Å². The Hall–Kier alpha value is -3.89. The van der Waals surface area contributed by atoms with Gasteiger partial charge in [0.2, 0.25) is 21.8 Å². The number of nitrogens with one attached hydrogen (secondary N) is 2. The average Bonchev–Trinajstić information content (AvgIpc) is 3.33. The van der Waals surface area contributed by atoms with Gasteiger partial charge in [0.1, 0.15) is 11.6 Å². The highest BCUT2D eigenvalue weighted by molar-refractivity contribution is 7.89. The Morgan fingerprint density at radius 2 is 1.81 bits per heavy atom. The Morgan fingerprint density at radius 3 is 2.44 bits per heavy atom. The molecular formula is C26H29ClF4N4O7S. The standard InChI is InChI=1S/C26H28F4N4O7S.ClH/c1-14(31)23-22(24(36)32-13-16-6-8-17(27)12-18(16)28)33-25(41-23)15-7-9-19(40-26(29)30)20(11-15)39-10-4-3-5-21(35)34-42(2,37)38;/h6-9,11-12,14,26H,3-5,10,13,31H2,1-2H3,(H,32,36)(H,34,35);1H/t14-;/m0./s1. The maximum absolute atomic E-state index is 14.0. The molecule has 0 spiro atoms. The Kier molecular flexibility index (Phi) is 12.8. The van der Waals surface area contributed by atoms with Gasteiger partial charge in [0.05, 0.1) is 18.9 Å². The van der Waals surface area contributed by atoms with Crippen LogP contribution in [0.5, 0.6) is 11.5 Å². The zero-order valence-corrected chi connectivity index (χ0v) is 24.5. The van der Waals surface area contributed by atoms with Crippen molar-refractivity contribution in [2.45, 2.75) is 45.4 Å². The van der Waals surface area contributed by atoms with Gasteiger partial charge in [-0.05, 0) is 44.0 Å². The van der Waals surface area contributed by atoms with Gasteiger partial charge < -0.3 is 24.9 Å². The number of unbranched alkanes of at least 4 members (excludes halogenated alkanes) is 1. The molecule has 0 bridgehead atoms. The molecule has 0 saturated carbocycles. The summed E-state index contributed by atoms with van der Waals surface area (Å²) in [4.78, 5) is 28.7. The van der Waals surface area contributed by atoms with Crippen molar-refractivity contribution in [3.63, 3.8) is 0 Å². The average molecular weight is 653 g/mol. The summed E-state index contributed by atoms with van der Waals surface area (Å²) in [5.41, 5.74) is 5.98. The van der Waals surface area contributed by atoms with E-state index in [4.69, 9.17) is 14.9 Å². The van der Waals surface area contributed by atoms with Crippen LogP contribution in [0, 0.1) is 11.6 Å². The van der Waals surface area contributed by atoms with Crippen LogP contribution in [0.15, 0.2) is 40.8 Å². The number of oxazole rings is 1. The second-order valence-corrected chi connectivity index (χ2v) is 10.8. The highest BCUT2D eigenvalue weighted by Crippen LogP contribution is 2.35. The quantitative estimate of drug-likeness (QED) is 0.171. The zero-order chi connectivity index (χ0) is 31.0. The van der Waals surface area contributed by atoms with Crippen LogP contribution in [0.4, 0.5) is 17.6 Å². The normalized spacial score (nSPS) is 11.9. The minimum absolute atomic E-state index is 0. The van der Waals surface area contributed by atoms with Crippen molar-refractivity contribution < 1.29 is 49.5 Å². The summed E-state index contributed by atoms with van der Waals surface area (Å²) in [6, 6.07) is 5.92. The molecule has 0 aliphatic carbocycles. The van der Waals surface area contributed by atoms with Crippen LogP contribution in [0.25, 0.3) is 11.5 Å². The van der Waals surface area contributed by atoms with Crippen molar-refractivity contribution in [2.75, 3.05) is 12.9 Å². The number of sulfonamides is 1. The predicted molar refractivity (Wildman–Crippen MR) is 148 cm³/mol. The van der Waals surface area contributed by atoms with E-state index < -0.39 is 46.1 Å². The molecule has 236 valence electrons. The number of amides is 2. The maximum Gasteiger partial charge on any atom is 0.387 e. The summed E-state index contributed by atoms with van der Waals surface area (Å²) >= 11 is 0. The van der Waals surface area contributed by atoms with E-state index in [1.807, 2.05) is 4.72 Å². The Bertz CT molecular complexity index is 1540. The van der Waals surface area contributed by atoms with Gasteiger partial charge in [0.15, 0.2) is 23.0 Å². The van der Waals surface area contributed by atoms with E-state index >= 15 is 0 Å². The van der Waals surface area contributed by atoms with Gasteiger partial charge in [-0.3, -0.25) is 14.3 Å². The molecule has 3 rings (SSSR count). The van der Waals surface area contributed by atoms with E-state index in [0.717, 1.165) is 12.3 Å². The minimum Gasteiger partial charge on any atom is -0.490 e. The van der Waals surface area contributed by atoms with Gasteiger partial charge in [0.25, 0.3) is 5.91 Å². The third kappa shape index (κ3) is 10.7. The fourth-order valence-electron chi connectivity index (χ4n) is 3.63. The SMILES string of the molecule is C[C@H](N)c1oc(-c2ccc(OC(F)F)c(OCCCCC(=O)NS(C)(=O)=O)c2)nc1C(=O)NCc1ccc(F)cc1F.Cl. The molecule has 3 aromatic rings. The number of carbonyl (C=O) groups is 2. The molecule has 0 radical (unpaired) electrons. The Morgan fingerprint density at radius 1 is 1.09 bits per heavy atom. The van der Waals surface area contributed by atoms with Crippen LogP contribution in [0.1, 0.15) is 54.0 Å². The van der Waals surface area contributed by atoms with Crippen molar-refractivity contribution in [3.05, 3.63) is 65.1 Å². The number of nitrogens with zero attached hydrogens (tertiary/aromatic N) is 1. The first kappa shape index (κ1) is 35.3. The lowest BCUT2D eigenvalue weighted by Gasteiger charge is -2.13. The van der Waals surface area contributed by atoms with E-state index in [1.165, 1.54) is 31.2 Å². The molecule has 1 aromatic heterocycles. The van der Waals surface area contributed by atoms with Crippen LogP contribution in [-0.2, 0) is 21.4 Å². The molecule has 1 heterocycles. The number of hydrogen-bond donors (Lipinski definition) is 3. The number of carbonyl (C=O) groups excluding carboxylic acids is 2. The van der Waals surface area contributed by atoms with Gasteiger partial charge in [0, 0.05) is 30.2 Å². The van der Waals surface area contributed by atoms with Crippen LogP contribution < -0.4 is 25.2 Å². The second-order valence-electron chi connectivity index (χ2n) is 9.08. The van der Waals surface area contributed by atoms with Crippen molar-refractivity contribution in [3.8, 4) is 23.0 Å². The summed E-state index contributed by atoms with van der Waals surface area (Å²) in [5, 5.41) is 2.47. The van der Waals surface area contributed by atoms with Gasteiger partial charge in [-0.25, -0.2) is 22.2 Å². The number of alkyl halides is 2. The predicted octanol–water partition coefficient (Wildman–Crippen LogP) is 4.22. The molecule has 0 aliphatic heterocycles. The number of ether oxygens (including phenoxy) is 2. The lowest BCUT2D eigenvalue weighted by Crippen LogP contribution is -2.29.